The minimum absolute atomic E-state index is 0.122. The van der Waals surface area contributed by atoms with Crippen LogP contribution in [0.1, 0.15) is 11.4 Å². The van der Waals surface area contributed by atoms with Crippen LogP contribution in [0.25, 0.3) is 11.2 Å². The van der Waals surface area contributed by atoms with Gasteiger partial charge in [-0.2, -0.15) is 0 Å². The maximum absolute atomic E-state index is 13.1. The summed E-state index contributed by atoms with van der Waals surface area (Å²) in [5, 5.41) is 11.2. The van der Waals surface area contributed by atoms with Crippen LogP contribution in [-0.2, 0) is 17.1 Å². The summed E-state index contributed by atoms with van der Waals surface area (Å²) in [5.41, 5.74) is 1.49. The molecule has 158 valence electrons. The van der Waals surface area contributed by atoms with Crippen LogP contribution in [0.2, 0.25) is 5.02 Å². The molecule has 2 aromatic carbocycles. The normalized spacial score (nSPS) is 11.0. The maximum atomic E-state index is 13.1. The fourth-order valence-corrected chi connectivity index (χ4v) is 3.64. The number of carbonyl (C=O) groups excluding carboxylic acids is 1. The number of fused-ring (bicyclic) bond motifs is 1. The molecular weight excluding hydrogens is 443 g/mol. The monoisotopic (exact) mass is 458 g/mol. The Balaban J connectivity index is 1.42. The quantitative estimate of drug-likeness (QED) is 0.440. The molecule has 0 atom stereocenters. The van der Waals surface area contributed by atoms with Crippen molar-refractivity contribution in [3.05, 3.63) is 81.1 Å². The molecule has 0 aliphatic heterocycles. The average molecular weight is 459 g/mol. The van der Waals surface area contributed by atoms with Crippen molar-refractivity contribution in [1.29, 1.82) is 0 Å². The van der Waals surface area contributed by atoms with Crippen LogP contribution in [-0.4, -0.2) is 36.6 Å². The van der Waals surface area contributed by atoms with Crippen LogP contribution in [0, 0.1) is 5.82 Å². The van der Waals surface area contributed by atoms with Gasteiger partial charge in [0.05, 0.1) is 18.1 Å². The molecule has 1 amide bonds. The Morgan fingerprint density at radius 1 is 1.16 bits per heavy atom. The Morgan fingerprint density at radius 2 is 1.90 bits per heavy atom. The number of aromatic amines is 1. The van der Waals surface area contributed by atoms with E-state index in [9.17, 15) is 14.0 Å². The molecule has 0 fully saturated rings. The number of anilines is 1. The van der Waals surface area contributed by atoms with Crippen molar-refractivity contribution in [2.75, 3.05) is 11.1 Å². The first-order chi connectivity index (χ1) is 15.0. The van der Waals surface area contributed by atoms with Crippen LogP contribution in [0.4, 0.5) is 10.1 Å². The molecular formula is C20H16ClFN6O2S. The lowest BCUT2D eigenvalue weighted by molar-refractivity contribution is -0.113. The van der Waals surface area contributed by atoms with E-state index in [1.807, 2.05) is 0 Å². The van der Waals surface area contributed by atoms with Crippen molar-refractivity contribution in [3.63, 3.8) is 0 Å². The number of hydrogen-bond acceptors (Lipinski definition) is 6. The molecule has 0 unspecified atom stereocenters. The third-order valence-corrected chi connectivity index (χ3v) is 5.46. The highest BCUT2D eigenvalue weighted by molar-refractivity contribution is 7.99. The van der Waals surface area contributed by atoms with Crippen LogP contribution < -0.4 is 10.9 Å². The molecule has 8 nitrogen and oxygen atoms in total. The molecule has 31 heavy (non-hydrogen) atoms. The van der Waals surface area contributed by atoms with Gasteiger partial charge in [-0.1, -0.05) is 28.9 Å². The zero-order chi connectivity index (χ0) is 21.8. The lowest BCUT2D eigenvalue weighted by Crippen LogP contribution is -2.15. The largest absolute Gasteiger partial charge is 0.325 e. The predicted molar refractivity (Wildman–Crippen MR) is 118 cm³/mol. The Morgan fingerprint density at radius 3 is 2.65 bits per heavy atom. The third-order valence-electron chi connectivity index (χ3n) is 4.27. The van der Waals surface area contributed by atoms with Gasteiger partial charge in [0.1, 0.15) is 11.6 Å². The van der Waals surface area contributed by atoms with E-state index in [2.05, 4.69) is 25.6 Å². The molecule has 0 saturated heterocycles. The van der Waals surface area contributed by atoms with E-state index >= 15 is 0 Å². The second-order valence-corrected chi connectivity index (χ2v) is 8.03. The van der Waals surface area contributed by atoms with E-state index in [0.717, 1.165) is 5.56 Å². The SMILES string of the molecule is O=C(CSCc1nc2c(nnn2Cc2ccc(F)cc2)c(=O)[nH]1)Nc1ccc(Cl)cc1. The number of benzene rings is 2. The van der Waals surface area contributed by atoms with Crippen molar-refractivity contribution in [2.45, 2.75) is 12.3 Å². The zero-order valence-electron chi connectivity index (χ0n) is 16.0. The first-order valence-corrected chi connectivity index (χ1v) is 10.7. The number of nitrogens with one attached hydrogen (secondary N) is 2. The first kappa shape index (κ1) is 21.0. The summed E-state index contributed by atoms with van der Waals surface area (Å²) in [4.78, 5) is 31.5. The van der Waals surface area contributed by atoms with Crippen molar-refractivity contribution in [2.24, 2.45) is 0 Å². The minimum Gasteiger partial charge on any atom is -0.325 e. The van der Waals surface area contributed by atoms with Crippen molar-refractivity contribution in [3.8, 4) is 0 Å². The zero-order valence-corrected chi connectivity index (χ0v) is 17.6. The van der Waals surface area contributed by atoms with E-state index in [4.69, 9.17) is 11.6 Å². The summed E-state index contributed by atoms with van der Waals surface area (Å²) in [6.45, 7) is 0.295. The Kier molecular flexibility index (Phi) is 6.28. The summed E-state index contributed by atoms with van der Waals surface area (Å²) < 4.78 is 14.6. The summed E-state index contributed by atoms with van der Waals surface area (Å²) in [7, 11) is 0. The molecule has 4 rings (SSSR count). The van der Waals surface area contributed by atoms with E-state index in [0.29, 0.717) is 34.5 Å². The molecule has 2 N–H and O–H groups in total. The molecule has 0 bridgehead atoms. The highest BCUT2D eigenvalue weighted by atomic mass is 35.5. The van der Waals surface area contributed by atoms with Crippen LogP contribution in [0.5, 0.6) is 0 Å². The van der Waals surface area contributed by atoms with Gasteiger partial charge in [0.2, 0.25) is 5.91 Å². The number of hydrogen-bond donors (Lipinski definition) is 2. The van der Waals surface area contributed by atoms with Crippen molar-refractivity contribution in [1.82, 2.24) is 25.0 Å². The minimum atomic E-state index is -0.406. The van der Waals surface area contributed by atoms with E-state index in [1.165, 1.54) is 28.6 Å². The van der Waals surface area contributed by atoms with Gasteiger partial charge in [0.15, 0.2) is 11.2 Å². The highest BCUT2D eigenvalue weighted by Gasteiger charge is 2.13. The number of aromatic nitrogens is 5. The molecule has 0 radical (unpaired) electrons. The average Bonchev–Trinajstić information content (AvgIpc) is 3.15. The molecule has 0 saturated carbocycles. The number of H-pyrrole nitrogens is 1. The lowest BCUT2D eigenvalue weighted by atomic mass is 10.2. The fourth-order valence-electron chi connectivity index (χ4n) is 2.82. The maximum Gasteiger partial charge on any atom is 0.281 e. The van der Waals surface area contributed by atoms with Gasteiger partial charge in [0.25, 0.3) is 5.56 Å². The summed E-state index contributed by atoms with van der Waals surface area (Å²) in [5.74, 6) is 0.391. The highest BCUT2D eigenvalue weighted by Crippen LogP contribution is 2.15. The molecule has 0 spiro atoms. The molecule has 11 heteroatoms. The predicted octanol–water partition coefficient (Wildman–Crippen LogP) is 3.23. The van der Waals surface area contributed by atoms with E-state index < -0.39 is 5.56 Å². The Bertz CT molecular complexity index is 1270. The molecule has 0 aliphatic carbocycles. The summed E-state index contributed by atoms with van der Waals surface area (Å²) in [6, 6.07) is 12.8. The first-order valence-electron chi connectivity index (χ1n) is 9.18. The number of rotatable bonds is 7. The molecule has 2 heterocycles. The van der Waals surface area contributed by atoms with Gasteiger partial charge >= 0.3 is 0 Å². The van der Waals surface area contributed by atoms with Gasteiger partial charge in [-0.15, -0.1) is 16.9 Å². The van der Waals surface area contributed by atoms with E-state index in [1.54, 1.807) is 36.4 Å². The standard InChI is InChI=1S/C20H16ClFN6O2S/c21-13-3-7-15(8-4-13)23-17(29)11-31-10-16-24-19-18(20(30)25-16)26-27-28(19)9-12-1-5-14(22)6-2-12/h1-8H,9-11H2,(H,23,29)(H,24,25,30). The third kappa shape index (κ3) is 5.28. The summed E-state index contributed by atoms with van der Waals surface area (Å²) >= 11 is 7.14. The van der Waals surface area contributed by atoms with Gasteiger partial charge in [0, 0.05) is 10.7 Å². The lowest BCUT2D eigenvalue weighted by Gasteiger charge is -2.06. The number of halogens is 2. The van der Waals surface area contributed by atoms with Gasteiger partial charge in [-0.3, -0.25) is 9.59 Å². The number of amides is 1. The summed E-state index contributed by atoms with van der Waals surface area (Å²) in [6.07, 6.45) is 0. The molecule has 0 aliphatic rings. The number of nitrogens with zero attached hydrogens (tertiary/aromatic N) is 4. The number of thioether (sulfide) groups is 1. The van der Waals surface area contributed by atoms with Gasteiger partial charge < -0.3 is 10.3 Å². The van der Waals surface area contributed by atoms with Crippen molar-refractivity contribution < 1.29 is 9.18 Å². The van der Waals surface area contributed by atoms with Crippen LogP contribution in [0.3, 0.4) is 0 Å². The Hall–Kier alpha value is -3.24. The van der Waals surface area contributed by atoms with Crippen molar-refractivity contribution >= 4 is 46.1 Å². The number of carbonyl (C=O) groups is 1. The van der Waals surface area contributed by atoms with Gasteiger partial charge in [-0.05, 0) is 42.0 Å². The molecule has 2 aromatic heterocycles. The van der Waals surface area contributed by atoms with Gasteiger partial charge in [-0.25, -0.2) is 14.1 Å². The topological polar surface area (TPSA) is 106 Å². The Labute approximate surface area is 184 Å². The second-order valence-electron chi connectivity index (χ2n) is 6.61. The van der Waals surface area contributed by atoms with Crippen LogP contribution >= 0.6 is 23.4 Å². The molecule has 4 aromatic rings. The second kappa shape index (κ2) is 9.27. The van der Waals surface area contributed by atoms with E-state index in [-0.39, 0.29) is 23.0 Å². The fraction of sp³-hybridized carbons (Fsp3) is 0.150. The smallest absolute Gasteiger partial charge is 0.281 e. The van der Waals surface area contributed by atoms with Crippen LogP contribution in [0.15, 0.2) is 53.3 Å².